The molecule has 4 rings (SSSR count). The number of amides is 1. The lowest BCUT2D eigenvalue weighted by Crippen LogP contribution is -2.69. The Hall–Kier alpha value is -3.44. The van der Waals surface area contributed by atoms with Gasteiger partial charge in [0.15, 0.2) is 11.9 Å². The molecule has 1 saturated heterocycles. The first-order valence-corrected chi connectivity index (χ1v) is 9.41. The van der Waals surface area contributed by atoms with Gasteiger partial charge in [0.05, 0.1) is 13.7 Å². The van der Waals surface area contributed by atoms with Crippen LogP contribution in [-0.4, -0.2) is 30.9 Å². The topological polar surface area (TPSA) is 55.8 Å². The second-order valence-electron chi connectivity index (χ2n) is 6.80. The molecule has 0 bridgehead atoms. The highest BCUT2D eigenvalue weighted by molar-refractivity contribution is 6.18. The monoisotopic (exact) mass is 387 g/mol. The molecule has 29 heavy (non-hydrogen) atoms. The Morgan fingerprint density at radius 1 is 0.897 bits per heavy atom. The van der Waals surface area contributed by atoms with E-state index in [4.69, 9.17) is 9.47 Å². The van der Waals surface area contributed by atoms with E-state index in [1.807, 2.05) is 48.5 Å². The molecule has 3 aromatic rings. The van der Waals surface area contributed by atoms with Gasteiger partial charge in [-0.1, -0.05) is 60.7 Å². The van der Waals surface area contributed by atoms with Crippen LogP contribution in [0.2, 0.25) is 0 Å². The zero-order valence-electron chi connectivity index (χ0n) is 16.0. The van der Waals surface area contributed by atoms with E-state index in [-0.39, 0.29) is 18.3 Å². The Bertz CT molecular complexity index is 986. The quantitative estimate of drug-likeness (QED) is 0.456. The highest BCUT2D eigenvalue weighted by Gasteiger charge is 2.53. The minimum Gasteiger partial charge on any atom is -0.497 e. The number of hydrogen-bond donors (Lipinski definition) is 0. The molecule has 0 spiro atoms. The Morgan fingerprint density at radius 3 is 2.14 bits per heavy atom. The third-order valence-corrected chi connectivity index (χ3v) is 5.00. The lowest BCUT2D eigenvalue weighted by atomic mass is 9.89. The fourth-order valence-corrected chi connectivity index (χ4v) is 3.44. The number of carbonyl (C=O) groups is 2. The van der Waals surface area contributed by atoms with E-state index in [1.165, 1.54) is 4.90 Å². The number of Topliss-reactive ketones (excluding diaryl/α,β-unsaturated/α-hetero) is 1. The van der Waals surface area contributed by atoms with Crippen molar-refractivity contribution in [2.45, 2.75) is 18.8 Å². The molecule has 3 aromatic carbocycles. The Labute approximate surface area is 169 Å². The normalized spacial score (nSPS) is 18.2. The third kappa shape index (κ3) is 3.77. The predicted molar refractivity (Wildman–Crippen MR) is 110 cm³/mol. The van der Waals surface area contributed by atoms with E-state index in [9.17, 15) is 9.59 Å². The van der Waals surface area contributed by atoms with Gasteiger partial charge in [-0.25, -0.2) is 0 Å². The van der Waals surface area contributed by atoms with Crippen LogP contribution in [-0.2, 0) is 16.1 Å². The first-order chi connectivity index (χ1) is 14.2. The summed E-state index contributed by atoms with van der Waals surface area (Å²) in [7, 11) is 1.58. The molecule has 2 atom stereocenters. The summed E-state index contributed by atoms with van der Waals surface area (Å²) in [6.07, 6.45) is -0.815. The van der Waals surface area contributed by atoms with Crippen LogP contribution < -0.4 is 9.64 Å². The first kappa shape index (κ1) is 18.9. The Kier molecular flexibility index (Phi) is 5.40. The van der Waals surface area contributed by atoms with Gasteiger partial charge in [0.25, 0.3) is 5.91 Å². The standard InChI is InChI=1S/C24H21NO4/c1-28-20-14-12-19(13-15-20)25-21(22(26)18-10-6-3-7-11-18)23(24(25)27)29-16-17-8-4-2-5-9-17/h2-15,21,23H,16H2,1H3/t21-,23-/m0/s1. The van der Waals surface area contributed by atoms with E-state index in [0.29, 0.717) is 17.0 Å². The number of carbonyl (C=O) groups excluding carboxylic acids is 2. The van der Waals surface area contributed by atoms with Gasteiger partial charge < -0.3 is 9.47 Å². The third-order valence-electron chi connectivity index (χ3n) is 5.00. The van der Waals surface area contributed by atoms with Gasteiger partial charge in [-0.15, -0.1) is 0 Å². The number of ether oxygens (including phenoxy) is 2. The van der Waals surface area contributed by atoms with E-state index in [0.717, 1.165) is 5.56 Å². The minimum absolute atomic E-state index is 0.140. The minimum atomic E-state index is -0.815. The van der Waals surface area contributed by atoms with E-state index in [2.05, 4.69) is 0 Å². The van der Waals surface area contributed by atoms with Gasteiger partial charge in [0.1, 0.15) is 11.8 Å². The van der Waals surface area contributed by atoms with Crippen molar-refractivity contribution in [1.29, 1.82) is 0 Å². The second kappa shape index (κ2) is 8.29. The van der Waals surface area contributed by atoms with Crippen molar-refractivity contribution in [3.8, 4) is 5.75 Å². The van der Waals surface area contributed by atoms with Crippen molar-refractivity contribution in [1.82, 2.24) is 0 Å². The fourth-order valence-electron chi connectivity index (χ4n) is 3.44. The molecule has 1 heterocycles. The molecule has 0 N–H and O–H groups in total. The number of hydrogen-bond acceptors (Lipinski definition) is 4. The number of methoxy groups -OCH3 is 1. The molecule has 1 aliphatic rings. The number of β-lactam (4-membered cyclic amide) rings is 1. The number of ketones is 1. The molecule has 0 radical (unpaired) electrons. The largest absolute Gasteiger partial charge is 0.497 e. The first-order valence-electron chi connectivity index (χ1n) is 9.41. The van der Waals surface area contributed by atoms with Gasteiger partial charge in [0, 0.05) is 11.3 Å². The van der Waals surface area contributed by atoms with Crippen LogP contribution in [0.3, 0.4) is 0 Å². The molecular formula is C24H21NO4. The van der Waals surface area contributed by atoms with Gasteiger partial charge in [-0.2, -0.15) is 0 Å². The molecule has 5 heteroatoms. The van der Waals surface area contributed by atoms with Crippen molar-refractivity contribution in [2.75, 3.05) is 12.0 Å². The average molecular weight is 387 g/mol. The van der Waals surface area contributed by atoms with Gasteiger partial charge in [-0.05, 0) is 29.8 Å². The van der Waals surface area contributed by atoms with Crippen LogP contribution in [0.5, 0.6) is 5.75 Å². The summed E-state index contributed by atoms with van der Waals surface area (Å²) in [6.45, 7) is 0.270. The number of rotatable bonds is 7. The molecule has 0 aromatic heterocycles. The van der Waals surface area contributed by atoms with Crippen LogP contribution >= 0.6 is 0 Å². The summed E-state index contributed by atoms with van der Waals surface area (Å²) < 4.78 is 11.1. The number of nitrogens with zero attached hydrogens (tertiary/aromatic N) is 1. The van der Waals surface area contributed by atoms with Gasteiger partial charge in [0.2, 0.25) is 0 Å². The van der Waals surface area contributed by atoms with Crippen molar-refractivity contribution in [2.24, 2.45) is 0 Å². The maximum atomic E-state index is 13.2. The predicted octanol–water partition coefficient (Wildman–Crippen LogP) is 3.88. The van der Waals surface area contributed by atoms with Gasteiger partial charge in [-0.3, -0.25) is 14.5 Å². The van der Waals surface area contributed by atoms with Crippen LogP contribution in [0, 0.1) is 0 Å². The van der Waals surface area contributed by atoms with E-state index < -0.39 is 12.1 Å². The van der Waals surface area contributed by atoms with Crippen molar-refractivity contribution in [3.05, 3.63) is 96.1 Å². The summed E-state index contributed by atoms with van der Waals surface area (Å²) in [5.74, 6) is 0.323. The summed E-state index contributed by atoms with van der Waals surface area (Å²) in [5.41, 5.74) is 2.15. The van der Waals surface area contributed by atoms with E-state index in [1.54, 1.807) is 43.5 Å². The summed E-state index contributed by atoms with van der Waals surface area (Å²) in [6, 6.07) is 25.0. The average Bonchev–Trinajstić information content (AvgIpc) is 2.78. The molecule has 0 unspecified atom stereocenters. The number of benzene rings is 3. The lowest BCUT2D eigenvalue weighted by molar-refractivity contribution is -0.141. The smallest absolute Gasteiger partial charge is 0.259 e. The summed E-state index contributed by atoms with van der Waals surface area (Å²) in [5, 5.41) is 0. The fraction of sp³-hybridized carbons (Fsp3) is 0.167. The van der Waals surface area contributed by atoms with Crippen LogP contribution in [0.25, 0.3) is 0 Å². The Morgan fingerprint density at radius 2 is 1.52 bits per heavy atom. The highest BCUT2D eigenvalue weighted by Crippen LogP contribution is 2.33. The molecule has 1 amide bonds. The maximum Gasteiger partial charge on any atom is 0.259 e. The second-order valence-corrected chi connectivity index (χ2v) is 6.80. The molecule has 0 aliphatic carbocycles. The van der Waals surface area contributed by atoms with E-state index >= 15 is 0 Å². The van der Waals surface area contributed by atoms with Gasteiger partial charge >= 0.3 is 0 Å². The maximum absolute atomic E-state index is 13.2. The summed E-state index contributed by atoms with van der Waals surface area (Å²) >= 11 is 0. The Balaban J connectivity index is 1.60. The van der Waals surface area contributed by atoms with Crippen LogP contribution in [0.4, 0.5) is 5.69 Å². The zero-order chi connectivity index (χ0) is 20.2. The molecule has 146 valence electrons. The van der Waals surface area contributed by atoms with Crippen molar-refractivity contribution < 1.29 is 19.1 Å². The lowest BCUT2D eigenvalue weighted by Gasteiger charge is -2.45. The molecule has 0 saturated carbocycles. The van der Waals surface area contributed by atoms with Crippen LogP contribution in [0.1, 0.15) is 15.9 Å². The van der Waals surface area contributed by atoms with Crippen molar-refractivity contribution >= 4 is 17.4 Å². The zero-order valence-corrected chi connectivity index (χ0v) is 16.0. The highest BCUT2D eigenvalue weighted by atomic mass is 16.5. The number of anilines is 1. The molecular weight excluding hydrogens is 366 g/mol. The summed E-state index contributed by atoms with van der Waals surface area (Å²) in [4.78, 5) is 27.6. The SMILES string of the molecule is COc1ccc(N2C(=O)[C@@H](OCc3ccccc3)[C@@H]2C(=O)c2ccccc2)cc1. The molecule has 1 fully saturated rings. The molecule has 5 nitrogen and oxygen atoms in total. The van der Waals surface area contributed by atoms with Crippen LogP contribution in [0.15, 0.2) is 84.9 Å². The van der Waals surface area contributed by atoms with Crippen molar-refractivity contribution in [3.63, 3.8) is 0 Å². The molecule has 1 aliphatic heterocycles.